The molecule has 1 amide bonds. The van der Waals surface area contributed by atoms with Crippen LogP contribution in [0.2, 0.25) is 0 Å². The Labute approximate surface area is 248 Å². The first-order valence-corrected chi connectivity index (χ1v) is 13.3. The molecular weight excluding hydrogens is 587 g/mol. The number of pyridine rings is 1. The average molecular weight is 613 g/mol. The van der Waals surface area contributed by atoms with Gasteiger partial charge in [-0.3, -0.25) is 9.78 Å². The number of carbonyl (C=O) groups is 3. The van der Waals surface area contributed by atoms with Crippen LogP contribution in [0.4, 0.5) is 27.6 Å². The summed E-state index contributed by atoms with van der Waals surface area (Å²) >= 11 is 0. The van der Waals surface area contributed by atoms with Gasteiger partial charge >= 0.3 is 18.1 Å². The monoisotopic (exact) mass is 612 g/mol. The normalized spacial score (nSPS) is 13.3. The number of amides is 1. The Kier molecular flexibility index (Phi) is 9.12. The van der Waals surface area contributed by atoms with E-state index in [4.69, 9.17) is 5.11 Å². The second-order valence-corrected chi connectivity index (χ2v) is 9.98. The summed E-state index contributed by atoms with van der Waals surface area (Å²) in [4.78, 5) is 39.2. The number of halogens is 5. The first-order valence-electron chi connectivity index (χ1n) is 13.3. The number of hydrogen-bond acceptors (Lipinski definition) is 4. The van der Waals surface area contributed by atoms with Crippen molar-refractivity contribution in [2.75, 3.05) is 5.32 Å². The Morgan fingerprint density at radius 2 is 1.57 bits per heavy atom. The van der Waals surface area contributed by atoms with E-state index in [1.807, 2.05) is 6.92 Å². The number of alkyl halides is 3. The maximum atomic E-state index is 15.0. The van der Waals surface area contributed by atoms with Crippen molar-refractivity contribution in [3.63, 3.8) is 0 Å². The number of carbonyl (C=O) groups excluding carboxylic acids is 1. The molecule has 3 N–H and O–H groups in total. The molecular formula is C32H25F5N2O5. The van der Waals surface area contributed by atoms with Gasteiger partial charge in [-0.2, -0.15) is 13.2 Å². The van der Waals surface area contributed by atoms with Crippen LogP contribution >= 0.6 is 0 Å². The van der Waals surface area contributed by atoms with Crippen LogP contribution in [0, 0.1) is 11.6 Å². The van der Waals surface area contributed by atoms with Gasteiger partial charge in [0.25, 0.3) is 0 Å². The zero-order valence-electron chi connectivity index (χ0n) is 23.1. The number of benzene rings is 3. The number of carboxylic acids is 2. The van der Waals surface area contributed by atoms with Crippen LogP contribution in [0.15, 0.2) is 79.0 Å². The zero-order chi connectivity index (χ0) is 32.2. The highest BCUT2D eigenvalue weighted by molar-refractivity contribution is 6.03. The smallest absolute Gasteiger partial charge is 0.416 e. The Morgan fingerprint density at radius 1 is 0.886 bits per heavy atom. The number of aromatic nitrogens is 1. The molecule has 4 aromatic rings. The highest BCUT2D eigenvalue weighted by Crippen LogP contribution is 2.50. The first-order chi connectivity index (χ1) is 20.8. The molecule has 0 spiro atoms. The average Bonchev–Trinajstić information content (AvgIpc) is 3.79. The number of nitrogens with one attached hydrogen (secondary N) is 1. The van der Waals surface area contributed by atoms with E-state index in [1.54, 1.807) is 42.5 Å². The van der Waals surface area contributed by atoms with E-state index in [0.29, 0.717) is 24.1 Å². The summed E-state index contributed by atoms with van der Waals surface area (Å²) < 4.78 is 68.1. The summed E-state index contributed by atoms with van der Waals surface area (Å²) in [6, 6.07) is 15.4. The maximum Gasteiger partial charge on any atom is 0.416 e. The van der Waals surface area contributed by atoms with Gasteiger partial charge < -0.3 is 15.5 Å². The third kappa shape index (κ3) is 6.91. The van der Waals surface area contributed by atoms with Crippen LogP contribution < -0.4 is 5.32 Å². The lowest BCUT2D eigenvalue weighted by atomic mass is 9.92. The molecule has 12 heteroatoms. The fourth-order valence-corrected chi connectivity index (χ4v) is 4.58. The summed E-state index contributed by atoms with van der Waals surface area (Å²) in [5, 5.41) is 20.4. The van der Waals surface area contributed by atoms with Crippen LogP contribution in [0.1, 0.15) is 57.3 Å². The maximum absolute atomic E-state index is 15.0. The highest BCUT2D eigenvalue weighted by atomic mass is 19.4. The fraction of sp³-hybridized carbons (Fsp3) is 0.188. The van der Waals surface area contributed by atoms with Gasteiger partial charge in [-0.05, 0) is 61.7 Å². The minimum atomic E-state index is -4.74. The summed E-state index contributed by atoms with van der Waals surface area (Å²) in [6.07, 6.45) is -2.40. The van der Waals surface area contributed by atoms with Gasteiger partial charge in [0.1, 0.15) is 11.6 Å². The Balaban J connectivity index is 0.000000421. The molecule has 0 unspecified atom stereocenters. The molecule has 7 nitrogen and oxygen atoms in total. The van der Waals surface area contributed by atoms with Crippen LogP contribution in [0.5, 0.6) is 0 Å². The van der Waals surface area contributed by atoms with Gasteiger partial charge in [-0.25, -0.2) is 18.4 Å². The Bertz CT molecular complexity index is 1700. The van der Waals surface area contributed by atoms with Gasteiger partial charge in [0.2, 0.25) is 5.91 Å². The molecule has 1 aliphatic carbocycles. The standard InChI is InChI=1S/C25H19F5N2O3.C7H6O2/c1-2-15-5-3-13(12-31-15)21-17(22(33)34)10-16(11-20(21)27)32-23(35)24(7-8-24)18-6-4-14(9-19(18)26)25(28,29)30;8-7(9)6-4-2-1-3-5-6/h3-6,9-12H,2,7-8H2,1H3,(H,32,35)(H,33,34);1-5H,(H,8,9). The van der Waals surface area contributed by atoms with Crippen LogP contribution in [0.25, 0.3) is 11.1 Å². The number of anilines is 1. The van der Waals surface area contributed by atoms with Crippen molar-refractivity contribution in [2.45, 2.75) is 37.8 Å². The third-order valence-electron chi connectivity index (χ3n) is 7.07. The van der Waals surface area contributed by atoms with Gasteiger partial charge in [-0.1, -0.05) is 37.3 Å². The van der Waals surface area contributed by atoms with Crippen molar-refractivity contribution >= 4 is 23.5 Å². The highest BCUT2D eigenvalue weighted by Gasteiger charge is 2.53. The SMILES string of the molecule is CCc1ccc(-c2c(F)cc(NC(=O)C3(c4ccc(C(F)(F)F)cc4F)CC3)cc2C(=O)O)cn1.O=C(O)c1ccccc1. The van der Waals surface area contributed by atoms with Gasteiger partial charge in [0, 0.05) is 34.3 Å². The molecule has 228 valence electrons. The minimum absolute atomic E-state index is 0.170. The topological polar surface area (TPSA) is 117 Å². The van der Waals surface area contributed by atoms with Crippen molar-refractivity contribution in [3.05, 3.63) is 119 Å². The van der Waals surface area contributed by atoms with Gasteiger partial charge in [0.05, 0.1) is 22.1 Å². The molecule has 1 aliphatic rings. The molecule has 1 fully saturated rings. The molecule has 0 atom stereocenters. The van der Waals surface area contributed by atoms with E-state index in [9.17, 15) is 37.1 Å². The number of rotatable bonds is 7. The number of hydrogen-bond donors (Lipinski definition) is 3. The molecule has 3 aromatic carbocycles. The molecule has 1 saturated carbocycles. The molecule has 1 heterocycles. The Morgan fingerprint density at radius 3 is 2.05 bits per heavy atom. The Hall–Kier alpha value is -5.13. The molecule has 0 saturated heterocycles. The molecule has 1 aromatic heterocycles. The number of nitrogens with zero attached hydrogens (tertiary/aromatic N) is 1. The van der Waals surface area contributed by atoms with Crippen molar-refractivity contribution < 1.29 is 46.5 Å². The fourth-order valence-electron chi connectivity index (χ4n) is 4.58. The van der Waals surface area contributed by atoms with E-state index < -0.39 is 52.2 Å². The van der Waals surface area contributed by atoms with E-state index >= 15 is 4.39 Å². The predicted molar refractivity (Wildman–Crippen MR) is 150 cm³/mol. The molecule has 0 bridgehead atoms. The predicted octanol–water partition coefficient (Wildman–Crippen LogP) is 7.36. The van der Waals surface area contributed by atoms with Crippen molar-refractivity contribution in [1.82, 2.24) is 4.98 Å². The van der Waals surface area contributed by atoms with E-state index in [0.717, 1.165) is 23.9 Å². The van der Waals surface area contributed by atoms with Crippen LogP contribution in [-0.4, -0.2) is 33.0 Å². The second-order valence-electron chi connectivity index (χ2n) is 9.98. The minimum Gasteiger partial charge on any atom is -0.478 e. The van der Waals surface area contributed by atoms with E-state index in [2.05, 4.69) is 10.3 Å². The molecule has 5 rings (SSSR count). The molecule has 44 heavy (non-hydrogen) atoms. The quantitative estimate of drug-likeness (QED) is 0.188. The van der Waals surface area contributed by atoms with Gasteiger partial charge in [0.15, 0.2) is 0 Å². The lowest BCUT2D eigenvalue weighted by molar-refractivity contribution is -0.137. The van der Waals surface area contributed by atoms with Crippen LogP contribution in [0.3, 0.4) is 0 Å². The number of aryl methyl sites for hydroxylation is 1. The van der Waals surface area contributed by atoms with Crippen molar-refractivity contribution in [1.29, 1.82) is 0 Å². The van der Waals surface area contributed by atoms with Crippen molar-refractivity contribution in [2.24, 2.45) is 0 Å². The van der Waals surface area contributed by atoms with E-state index in [1.165, 1.54) is 6.20 Å². The summed E-state index contributed by atoms with van der Waals surface area (Å²) in [6.45, 7) is 1.88. The zero-order valence-corrected chi connectivity index (χ0v) is 23.1. The summed E-state index contributed by atoms with van der Waals surface area (Å²) in [7, 11) is 0. The van der Waals surface area contributed by atoms with Crippen LogP contribution in [-0.2, 0) is 22.8 Å². The number of aromatic carboxylic acids is 2. The summed E-state index contributed by atoms with van der Waals surface area (Å²) in [5.74, 6) is -5.19. The lowest BCUT2D eigenvalue weighted by Gasteiger charge is -2.19. The second kappa shape index (κ2) is 12.6. The lowest BCUT2D eigenvalue weighted by Crippen LogP contribution is -2.29. The van der Waals surface area contributed by atoms with Crippen molar-refractivity contribution in [3.8, 4) is 11.1 Å². The summed E-state index contributed by atoms with van der Waals surface area (Å²) in [5.41, 5.74) is -2.31. The largest absolute Gasteiger partial charge is 0.478 e. The third-order valence-corrected chi connectivity index (χ3v) is 7.07. The first kappa shape index (κ1) is 31.8. The van der Waals surface area contributed by atoms with Gasteiger partial charge in [-0.15, -0.1) is 0 Å². The number of carboxylic acid groups (broad SMARTS) is 2. The molecule has 0 radical (unpaired) electrons. The van der Waals surface area contributed by atoms with E-state index in [-0.39, 0.29) is 35.2 Å². The molecule has 0 aliphatic heterocycles.